The van der Waals surface area contributed by atoms with Crippen molar-refractivity contribution in [2.45, 2.75) is 33.1 Å². The predicted molar refractivity (Wildman–Crippen MR) is 72.9 cm³/mol. The molecule has 1 aromatic heterocycles. The number of ether oxygens (including phenoxy) is 1. The van der Waals surface area contributed by atoms with Crippen LogP contribution in [0.3, 0.4) is 0 Å². The average Bonchev–Trinajstić information content (AvgIpc) is 2.54. The molecule has 0 aromatic carbocycles. The second-order valence-electron chi connectivity index (χ2n) is 4.66. The number of anilines is 2. The topological polar surface area (TPSA) is 51.4 Å². The summed E-state index contributed by atoms with van der Waals surface area (Å²) in [5, 5.41) is 1.11. The lowest BCUT2D eigenvalue weighted by molar-refractivity contribution is 0.343. The molecule has 1 aromatic rings. The van der Waals surface area contributed by atoms with Crippen LogP contribution in [0.5, 0.6) is 5.75 Å². The second-order valence-corrected chi connectivity index (χ2v) is 5.41. The summed E-state index contributed by atoms with van der Waals surface area (Å²) in [7, 11) is 0. The van der Waals surface area contributed by atoms with E-state index in [2.05, 4.69) is 16.2 Å². The number of hydrogen-bond donors (Lipinski definition) is 1. The molecule has 1 aliphatic heterocycles. The van der Waals surface area contributed by atoms with Crippen molar-refractivity contribution in [2.24, 2.45) is 5.92 Å². The van der Waals surface area contributed by atoms with Crippen molar-refractivity contribution in [3.63, 3.8) is 0 Å². The molecule has 1 saturated heterocycles. The molecule has 96 valence electrons. The van der Waals surface area contributed by atoms with Crippen LogP contribution in [0.15, 0.2) is 0 Å². The van der Waals surface area contributed by atoms with Gasteiger partial charge in [0.2, 0.25) is 0 Å². The van der Waals surface area contributed by atoms with E-state index in [-0.39, 0.29) is 0 Å². The minimum atomic E-state index is 0.532. The zero-order chi connectivity index (χ0) is 12.3. The summed E-state index contributed by atoms with van der Waals surface area (Å²) in [4.78, 5) is 2.38. The molecule has 0 radical (unpaired) electrons. The Balaban J connectivity index is 2.15. The highest BCUT2D eigenvalue weighted by Gasteiger charge is 2.21. The van der Waals surface area contributed by atoms with E-state index < -0.39 is 0 Å². The van der Waals surface area contributed by atoms with Crippen molar-refractivity contribution >= 4 is 22.4 Å². The third kappa shape index (κ3) is 2.83. The summed E-state index contributed by atoms with van der Waals surface area (Å²) in [6.45, 7) is 7.12. The van der Waals surface area contributed by atoms with Crippen LogP contribution in [0.2, 0.25) is 0 Å². The number of nitrogen functional groups attached to an aromatic ring is 1. The Bertz CT molecular complexity index is 367. The zero-order valence-corrected chi connectivity index (χ0v) is 11.4. The minimum absolute atomic E-state index is 0.532. The van der Waals surface area contributed by atoms with Crippen LogP contribution in [-0.4, -0.2) is 24.1 Å². The Morgan fingerprint density at radius 2 is 2.29 bits per heavy atom. The first-order chi connectivity index (χ1) is 8.22. The van der Waals surface area contributed by atoms with Crippen molar-refractivity contribution in [3.05, 3.63) is 0 Å². The highest BCUT2D eigenvalue weighted by atomic mass is 32.1. The molecular formula is C12H21N3OS. The van der Waals surface area contributed by atoms with Gasteiger partial charge in [-0.05, 0) is 43.6 Å². The zero-order valence-electron chi connectivity index (χ0n) is 10.6. The number of aromatic nitrogens is 1. The molecule has 0 aliphatic carbocycles. The first-order valence-electron chi connectivity index (χ1n) is 6.35. The fourth-order valence-electron chi connectivity index (χ4n) is 2.23. The fraction of sp³-hybridized carbons (Fsp3) is 0.750. The highest BCUT2D eigenvalue weighted by Crippen LogP contribution is 2.39. The first-order valence-corrected chi connectivity index (χ1v) is 7.12. The lowest BCUT2D eigenvalue weighted by atomic mass is 10.0. The van der Waals surface area contributed by atoms with Crippen LogP contribution < -0.4 is 15.4 Å². The van der Waals surface area contributed by atoms with Crippen LogP contribution in [0.1, 0.15) is 33.1 Å². The van der Waals surface area contributed by atoms with E-state index in [4.69, 9.17) is 10.5 Å². The van der Waals surface area contributed by atoms with Gasteiger partial charge in [-0.15, -0.1) is 0 Å². The van der Waals surface area contributed by atoms with Crippen molar-refractivity contribution in [3.8, 4) is 5.75 Å². The lowest BCUT2D eigenvalue weighted by Gasteiger charge is -2.21. The van der Waals surface area contributed by atoms with Crippen LogP contribution in [-0.2, 0) is 0 Å². The van der Waals surface area contributed by atoms with Crippen molar-refractivity contribution in [1.82, 2.24) is 4.37 Å². The Kier molecular flexibility index (Phi) is 4.10. The van der Waals surface area contributed by atoms with Gasteiger partial charge < -0.3 is 15.4 Å². The van der Waals surface area contributed by atoms with Gasteiger partial charge in [0.15, 0.2) is 16.6 Å². The number of nitrogens with two attached hydrogens (primary N) is 1. The van der Waals surface area contributed by atoms with Crippen molar-refractivity contribution in [1.29, 1.82) is 0 Å². The number of hydrogen-bond acceptors (Lipinski definition) is 5. The molecule has 0 bridgehead atoms. The maximum Gasteiger partial charge on any atom is 0.197 e. The first kappa shape index (κ1) is 12.5. The molecule has 1 atom stereocenters. The maximum atomic E-state index is 5.85. The smallest absolute Gasteiger partial charge is 0.197 e. The third-order valence-corrected chi connectivity index (χ3v) is 4.15. The summed E-state index contributed by atoms with van der Waals surface area (Å²) in [5.74, 6) is 2.14. The van der Waals surface area contributed by atoms with E-state index in [1.54, 1.807) is 0 Å². The van der Waals surface area contributed by atoms with Crippen molar-refractivity contribution < 1.29 is 4.74 Å². The maximum absolute atomic E-state index is 5.85. The summed E-state index contributed by atoms with van der Waals surface area (Å²) in [5.41, 5.74) is 5.85. The largest absolute Gasteiger partial charge is 0.487 e. The van der Waals surface area contributed by atoms with Gasteiger partial charge in [0, 0.05) is 13.1 Å². The molecule has 2 N–H and O–H groups in total. The average molecular weight is 255 g/mol. The molecule has 0 saturated carbocycles. The summed E-state index contributed by atoms with van der Waals surface area (Å²) in [6.07, 6.45) is 3.79. The van der Waals surface area contributed by atoms with Crippen LogP contribution in [0.4, 0.5) is 10.8 Å². The Morgan fingerprint density at radius 3 is 3.06 bits per heavy atom. The summed E-state index contributed by atoms with van der Waals surface area (Å²) >= 11 is 1.46. The van der Waals surface area contributed by atoms with Gasteiger partial charge in [-0.2, -0.15) is 4.37 Å². The SMILES string of the molecule is CCOc1c(N)nsc1N1CCCC(C)CC1. The molecule has 0 amide bonds. The fourth-order valence-corrected chi connectivity index (χ4v) is 3.04. The Hall–Kier alpha value is -0.970. The minimum Gasteiger partial charge on any atom is -0.487 e. The van der Waals surface area contributed by atoms with E-state index >= 15 is 0 Å². The Labute approximate surface area is 107 Å². The van der Waals surface area contributed by atoms with E-state index in [1.807, 2.05) is 6.92 Å². The molecule has 4 nitrogen and oxygen atoms in total. The number of rotatable bonds is 3. The standard InChI is InChI=1S/C12H21N3OS/c1-3-16-10-11(13)14-17-12(10)15-7-4-5-9(2)6-8-15/h9H,3-8H2,1-2H3,(H2,13,14). The molecule has 1 aliphatic rings. The normalized spacial score (nSPS) is 21.3. The molecule has 1 unspecified atom stereocenters. The van der Waals surface area contributed by atoms with Gasteiger partial charge in [0.1, 0.15) is 0 Å². The molecule has 5 heteroatoms. The number of nitrogens with zero attached hydrogens (tertiary/aromatic N) is 2. The van der Waals surface area contributed by atoms with Gasteiger partial charge >= 0.3 is 0 Å². The quantitative estimate of drug-likeness (QED) is 0.902. The molecule has 2 rings (SSSR count). The molecular weight excluding hydrogens is 234 g/mol. The van der Waals surface area contributed by atoms with Gasteiger partial charge in [-0.3, -0.25) is 0 Å². The van der Waals surface area contributed by atoms with E-state index in [1.165, 1.54) is 30.8 Å². The molecule has 2 heterocycles. The molecule has 1 fully saturated rings. The Morgan fingerprint density at radius 1 is 1.47 bits per heavy atom. The van der Waals surface area contributed by atoms with Gasteiger partial charge in [0.25, 0.3) is 0 Å². The van der Waals surface area contributed by atoms with Gasteiger partial charge in [-0.1, -0.05) is 6.92 Å². The lowest BCUT2D eigenvalue weighted by Crippen LogP contribution is -2.23. The monoisotopic (exact) mass is 255 g/mol. The van der Waals surface area contributed by atoms with Crippen LogP contribution in [0, 0.1) is 5.92 Å². The molecule has 0 spiro atoms. The second kappa shape index (κ2) is 5.58. The summed E-state index contributed by atoms with van der Waals surface area (Å²) in [6, 6.07) is 0. The van der Waals surface area contributed by atoms with Crippen molar-refractivity contribution in [2.75, 3.05) is 30.3 Å². The highest BCUT2D eigenvalue weighted by molar-refractivity contribution is 7.11. The van der Waals surface area contributed by atoms with Gasteiger partial charge in [0.05, 0.1) is 6.61 Å². The summed E-state index contributed by atoms with van der Waals surface area (Å²) < 4.78 is 9.82. The molecule has 17 heavy (non-hydrogen) atoms. The third-order valence-electron chi connectivity index (χ3n) is 3.25. The van der Waals surface area contributed by atoms with E-state index in [9.17, 15) is 0 Å². The van der Waals surface area contributed by atoms with E-state index in [0.717, 1.165) is 29.8 Å². The van der Waals surface area contributed by atoms with Crippen LogP contribution >= 0.6 is 11.5 Å². The predicted octanol–water partition coefficient (Wildman–Crippen LogP) is 2.75. The van der Waals surface area contributed by atoms with E-state index in [0.29, 0.717) is 12.4 Å². The van der Waals surface area contributed by atoms with Crippen LogP contribution in [0.25, 0.3) is 0 Å². The van der Waals surface area contributed by atoms with Gasteiger partial charge in [-0.25, -0.2) is 0 Å².